The molecule has 2 aromatic carbocycles. The molecular formula is C22H21NO3. The van der Waals surface area contributed by atoms with E-state index in [9.17, 15) is 9.59 Å². The van der Waals surface area contributed by atoms with Crippen LogP contribution in [0.4, 0.5) is 0 Å². The number of hydrogen-bond donors (Lipinski definition) is 0. The molecule has 132 valence electrons. The molecule has 0 spiro atoms. The highest BCUT2D eigenvalue weighted by Gasteiger charge is 2.52. The van der Waals surface area contributed by atoms with Crippen LogP contribution >= 0.6 is 0 Å². The van der Waals surface area contributed by atoms with E-state index in [1.165, 1.54) is 0 Å². The van der Waals surface area contributed by atoms with E-state index in [0.717, 1.165) is 24.0 Å². The zero-order valence-electron chi connectivity index (χ0n) is 14.6. The number of cyclic esters (lactones) is 1. The predicted octanol–water partition coefficient (Wildman–Crippen LogP) is 3.73. The van der Waals surface area contributed by atoms with E-state index >= 15 is 0 Å². The van der Waals surface area contributed by atoms with Gasteiger partial charge in [0.25, 0.3) is 0 Å². The van der Waals surface area contributed by atoms with E-state index in [1.54, 1.807) is 0 Å². The average Bonchev–Trinajstić information content (AvgIpc) is 3.01. The smallest absolute Gasteiger partial charge is 0.341 e. The van der Waals surface area contributed by atoms with Crippen molar-refractivity contribution in [2.45, 2.75) is 37.6 Å². The van der Waals surface area contributed by atoms with Gasteiger partial charge < -0.3 is 4.74 Å². The third kappa shape index (κ3) is 3.07. The van der Waals surface area contributed by atoms with Crippen molar-refractivity contribution in [1.82, 2.24) is 0 Å². The summed E-state index contributed by atoms with van der Waals surface area (Å²) in [6, 6.07) is 19.3. The fraction of sp³-hybridized carbons (Fsp3) is 0.318. The van der Waals surface area contributed by atoms with Gasteiger partial charge in [0.2, 0.25) is 5.90 Å². The van der Waals surface area contributed by atoms with Crippen LogP contribution in [0, 0.1) is 5.92 Å². The second kappa shape index (κ2) is 6.87. The van der Waals surface area contributed by atoms with Gasteiger partial charge in [-0.15, -0.1) is 0 Å². The van der Waals surface area contributed by atoms with Crippen LogP contribution in [0.5, 0.6) is 0 Å². The van der Waals surface area contributed by atoms with Crippen LogP contribution in [-0.2, 0) is 20.7 Å². The molecular weight excluding hydrogens is 326 g/mol. The number of rotatable bonds is 4. The van der Waals surface area contributed by atoms with Crippen molar-refractivity contribution in [3.63, 3.8) is 0 Å². The van der Waals surface area contributed by atoms with Crippen molar-refractivity contribution in [3.8, 4) is 0 Å². The Bertz CT molecular complexity index is 844. The first-order valence-corrected chi connectivity index (χ1v) is 9.10. The van der Waals surface area contributed by atoms with Crippen LogP contribution in [0.25, 0.3) is 0 Å². The highest BCUT2D eigenvalue weighted by molar-refractivity contribution is 6.08. The molecule has 0 radical (unpaired) electrons. The quantitative estimate of drug-likeness (QED) is 0.792. The molecule has 2 atom stereocenters. The number of Topliss-reactive ketones (excluding diaryl/α,β-unsaturated/α-hetero) is 1. The molecule has 2 aromatic rings. The molecule has 1 aliphatic carbocycles. The molecule has 1 fully saturated rings. The second-order valence-corrected chi connectivity index (χ2v) is 7.09. The minimum absolute atomic E-state index is 0.113. The fourth-order valence-corrected chi connectivity index (χ4v) is 3.98. The highest BCUT2D eigenvalue weighted by atomic mass is 16.6. The van der Waals surface area contributed by atoms with E-state index in [1.807, 2.05) is 60.7 Å². The lowest BCUT2D eigenvalue weighted by atomic mass is 9.72. The predicted molar refractivity (Wildman–Crippen MR) is 98.9 cm³/mol. The van der Waals surface area contributed by atoms with E-state index < -0.39 is 5.54 Å². The van der Waals surface area contributed by atoms with Gasteiger partial charge in [-0.3, -0.25) is 4.79 Å². The average molecular weight is 347 g/mol. The lowest BCUT2D eigenvalue weighted by Crippen LogP contribution is -2.46. The molecule has 1 aliphatic heterocycles. The van der Waals surface area contributed by atoms with Crippen molar-refractivity contribution < 1.29 is 14.3 Å². The zero-order chi connectivity index (χ0) is 18.0. The zero-order valence-corrected chi connectivity index (χ0v) is 14.6. The minimum atomic E-state index is -1.01. The van der Waals surface area contributed by atoms with E-state index in [4.69, 9.17) is 9.73 Å². The SMILES string of the molecule is O=C1CCC[C@H]([C@@]2(Cc3ccccc3)N=C(c3ccccc3)OC2=O)C1. The number of hydrogen-bond acceptors (Lipinski definition) is 4. The van der Waals surface area contributed by atoms with Crippen molar-refractivity contribution >= 4 is 17.7 Å². The Morgan fingerprint density at radius 3 is 2.38 bits per heavy atom. The first kappa shape index (κ1) is 16.7. The first-order chi connectivity index (χ1) is 12.7. The van der Waals surface area contributed by atoms with Crippen molar-refractivity contribution in [3.05, 3.63) is 71.8 Å². The van der Waals surface area contributed by atoms with Crippen LogP contribution in [0.3, 0.4) is 0 Å². The van der Waals surface area contributed by atoms with Gasteiger partial charge in [0.1, 0.15) is 5.78 Å². The van der Waals surface area contributed by atoms with Crippen molar-refractivity contribution in [1.29, 1.82) is 0 Å². The summed E-state index contributed by atoms with van der Waals surface area (Å²) in [5, 5.41) is 0. The van der Waals surface area contributed by atoms with Gasteiger partial charge >= 0.3 is 5.97 Å². The fourth-order valence-electron chi connectivity index (χ4n) is 3.98. The molecule has 4 nitrogen and oxygen atoms in total. The monoisotopic (exact) mass is 347 g/mol. The summed E-state index contributed by atoms with van der Waals surface area (Å²) in [4.78, 5) is 29.9. The number of benzene rings is 2. The summed E-state index contributed by atoms with van der Waals surface area (Å²) in [6.07, 6.45) is 3.08. The largest absolute Gasteiger partial charge is 0.405 e. The van der Waals surface area contributed by atoms with Gasteiger partial charge in [0.15, 0.2) is 5.54 Å². The number of ether oxygens (including phenoxy) is 1. The van der Waals surface area contributed by atoms with Crippen LogP contribution in [-0.4, -0.2) is 23.2 Å². The number of nitrogens with zero attached hydrogens (tertiary/aromatic N) is 1. The van der Waals surface area contributed by atoms with E-state index in [2.05, 4.69) is 0 Å². The van der Waals surface area contributed by atoms with Gasteiger partial charge in [-0.25, -0.2) is 9.79 Å². The van der Waals surface area contributed by atoms with Gasteiger partial charge in [0, 0.05) is 30.7 Å². The topological polar surface area (TPSA) is 55.7 Å². The lowest BCUT2D eigenvalue weighted by molar-refractivity contribution is -0.142. The molecule has 4 heteroatoms. The highest BCUT2D eigenvalue weighted by Crippen LogP contribution is 2.41. The van der Waals surface area contributed by atoms with Crippen LogP contribution in [0.1, 0.15) is 36.8 Å². The van der Waals surface area contributed by atoms with Crippen LogP contribution < -0.4 is 0 Å². The van der Waals surface area contributed by atoms with Gasteiger partial charge in [0.05, 0.1) is 0 Å². The van der Waals surface area contributed by atoms with Crippen molar-refractivity contribution in [2.75, 3.05) is 0 Å². The maximum atomic E-state index is 13.0. The minimum Gasteiger partial charge on any atom is -0.405 e. The van der Waals surface area contributed by atoms with Gasteiger partial charge in [-0.05, 0) is 30.5 Å². The molecule has 0 amide bonds. The number of carbonyl (C=O) groups excluding carboxylic acids is 2. The van der Waals surface area contributed by atoms with E-state index in [0.29, 0.717) is 25.2 Å². The molecule has 2 aliphatic rings. The summed E-state index contributed by atoms with van der Waals surface area (Å²) in [5.74, 6) is 0.131. The molecule has 0 bridgehead atoms. The molecule has 1 saturated carbocycles. The van der Waals surface area contributed by atoms with Crippen LogP contribution in [0.15, 0.2) is 65.7 Å². The molecule has 0 unspecified atom stereocenters. The number of carbonyl (C=O) groups is 2. The van der Waals surface area contributed by atoms with Crippen LogP contribution in [0.2, 0.25) is 0 Å². The Balaban J connectivity index is 1.76. The summed E-state index contributed by atoms with van der Waals surface area (Å²) >= 11 is 0. The first-order valence-electron chi connectivity index (χ1n) is 9.10. The Hall–Kier alpha value is -2.75. The van der Waals surface area contributed by atoms with Crippen molar-refractivity contribution in [2.24, 2.45) is 10.9 Å². The lowest BCUT2D eigenvalue weighted by Gasteiger charge is -2.33. The molecule has 0 aromatic heterocycles. The standard InChI is InChI=1S/C22H21NO3/c24-19-13-7-12-18(14-19)22(15-16-8-3-1-4-9-16)21(25)26-20(23-22)17-10-5-2-6-11-17/h1-6,8-11,18H,7,12-15H2/t18-,22+/m0/s1. The second-order valence-electron chi connectivity index (χ2n) is 7.09. The maximum Gasteiger partial charge on any atom is 0.341 e. The molecule has 0 saturated heterocycles. The number of esters is 1. The molecule has 1 heterocycles. The number of ketones is 1. The third-order valence-electron chi connectivity index (χ3n) is 5.34. The van der Waals surface area contributed by atoms with Gasteiger partial charge in [-0.1, -0.05) is 48.5 Å². The third-order valence-corrected chi connectivity index (χ3v) is 5.34. The Morgan fingerprint density at radius 2 is 1.69 bits per heavy atom. The van der Waals surface area contributed by atoms with Gasteiger partial charge in [-0.2, -0.15) is 0 Å². The summed E-state index contributed by atoms with van der Waals surface area (Å²) < 4.78 is 5.62. The summed E-state index contributed by atoms with van der Waals surface area (Å²) in [6.45, 7) is 0. The Labute approximate surface area is 152 Å². The normalized spacial score (nSPS) is 25.7. The summed E-state index contributed by atoms with van der Waals surface area (Å²) in [7, 11) is 0. The molecule has 4 rings (SSSR count). The van der Waals surface area contributed by atoms with E-state index in [-0.39, 0.29) is 17.7 Å². The molecule has 0 N–H and O–H groups in total. The Kier molecular flexibility index (Phi) is 4.41. The Morgan fingerprint density at radius 1 is 1.00 bits per heavy atom. The summed E-state index contributed by atoms with van der Waals surface area (Å²) in [5.41, 5.74) is 0.807. The maximum absolute atomic E-state index is 13.0. The number of aliphatic imine (C=N–C) groups is 1. The molecule has 26 heavy (non-hydrogen) atoms.